The topological polar surface area (TPSA) is 54.9 Å². The zero-order valence-electron chi connectivity index (χ0n) is 15.6. The molecule has 0 bridgehead atoms. The van der Waals surface area contributed by atoms with Crippen molar-refractivity contribution in [3.63, 3.8) is 0 Å². The van der Waals surface area contributed by atoms with E-state index >= 15 is 0 Å². The highest BCUT2D eigenvalue weighted by atomic mass is 127. The first-order valence-electron chi connectivity index (χ1n) is 8.37. The van der Waals surface area contributed by atoms with Crippen molar-refractivity contribution in [2.75, 3.05) is 20.4 Å². The minimum atomic E-state index is -0.0720. The molecule has 7 heteroatoms. The summed E-state index contributed by atoms with van der Waals surface area (Å²) in [6.45, 7) is 8.38. The van der Waals surface area contributed by atoms with Crippen molar-refractivity contribution < 1.29 is 9.47 Å². The quantitative estimate of drug-likeness (QED) is 0.380. The SMILES string of the molecule is CN=C(NCc1sccc1C)NCC(C)(C)c1ccc2c(c1)OCO2.I. The molecule has 0 spiro atoms. The van der Waals surface area contributed by atoms with Gasteiger partial charge in [0.25, 0.3) is 0 Å². The fourth-order valence-corrected chi connectivity index (χ4v) is 3.54. The van der Waals surface area contributed by atoms with E-state index in [1.54, 1.807) is 18.4 Å². The maximum Gasteiger partial charge on any atom is 0.231 e. The van der Waals surface area contributed by atoms with Gasteiger partial charge in [0.1, 0.15) is 0 Å². The van der Waals surface area contributed by atoms with Crippen LogP contribution in [0.25, 0.3) is 0 Å². The number of halogens is 1. The molecule has 0 saturated heterocycles. The van der Waals surface area contributed by atoms with E-state index in [9.17, 15) is 0 Å². The van der Waals surface area contributed by atoms with Gasteiger partial charge in [-0.25, -0.2) is 0 Å². The maximum atomic E-state index is 5.49. The summed E-state index contributed by atoms with van der Waals surface area (Å²) in [5, 5.41) is 8.93. The van der Waals surface area contributed by atoms with E-state index in [-0.39, 0.29) is 29.4 Å². The van der Waals surface area contributed by atoms with Crippen molar-refractivity contribution in [3.8, 4) is 11.5 Å². The molecule has 5 nitrogen and oxygen atoms in total. The number of thiophene rings is 1. The minimum absolute atomic E-state index is 0. The Balaban J connectivity index is 0.00000243. The van der Waals surface area contributed by atoms with E-state index in [1.807, 2.05) is 6.07 Å². The average molecular weight is 487 g/mol. The van der Waals surface area contributed by atoms with Crippen LogP contribution in [0.2, 0.25) is 0 Å². The lowest BCUT2D eigenvalue weighted by molar-refractivity contribution is 0.174. The predicted octanol–water partition coefficient (Wildman–Crippen LogP) is 4.05. The van der Waals surface area contributed by atoms with E-state index < -0.39 is 0 Å². The maximum absolute atomic E-state index is 5.49. The number of nitrogens with zero attached hydrogens (tertiary/aromatic N) is 1. The molecule has 0 aliphatic carbocycles. The number of ether oxygens (including phenoxy) is 2. The largest absolute Gasteiger partial charge is 0.454 e. The van der Waals surface area contributed by atoms with Crippen LogP contribution < -0.4 is 20.1 Å². The summed E-state index contributed by atoms with van der Waals surface area (Å²) in [5.74, 6) is 2.44. The summed E-state index contributed by atoms with van der Waals surface area (Å²) in [6, 6.07) is 8.28. The zero-order valence-corrected chi connectivity index (χ0v) is 18.7. The first kappa shape index (κ1) is 20.8. The molecule has 0 atom stereocenters. The lowest BCUT2D eigenvalue weighted by Gasteiger charge is -2.27. The highest BCUT2D eigenvalue weighted by molar-refractivity contribution is 14.0. The van der Waals surface area contributed by atoms with Gasteiger partial charge < -0.3 is 20.1 Å². The van der Waals surface area contributed by atoms with Gasteiger partial charge in [0, 0.05) is 23.9 Å². The number of hydrogen-bond acceptors (Lipinski definition) is 4. The van der Waals surface area contributed by atoms with Crippen molar-refractivity contribution in [1.29, 1.82) is 0 Å². The molecule has 1 aliphatic heterocycles. The van der Waals surface area contributed by atoms with Gasteiger partial charge in [0.2, 0.25) is 6.79 Å². The standard InChI is InChI=1S/C19H25N3O2S.HI/c1-13-7-8-25-17(13)10-21-18(20-4)22-11-19(2,3)14-5-6-15-16(9-14)24-12-23-15;/h5-9H,10-12H2,1-4H3,(H2,20,21,22);1H. The van der Waals surface area contributed by atoms with E-state index in [1.165, 1.54) is 16.0 Å². The minimum Gasteiger partial charge on any atom is -0.454 e. The van der Waals surface area contributed by atoms with Crippen molar-refractivity contribution in [2.45, 2.75) is 32.7 Å². The summed E-state index contributed by atoms with van der Waals surface area (Å²) in [4.78, 5) is 5.66. The molecule has 1 aromatic carbocycles. The fraction of sp³-hybridized carbons (Fsp3) is 0.421. The Kier molecular flexibility index (Phi) is 7.16. The van der Waals surface area contributed by atoms with Gasteiger partial charge in [-0.2, -0.15) is 0 Å². The van der Waals surface area contributed by atoms with Crippen LogP contribution in [0.4, 0.5) is 0 Å². The molecule has 2 N–H and O–H groups in total. The van der Waals surface area contributed by atoms with E-state index in [0.29, 0.717) is 6.79 Å². The van der Waals surface area contributed by atoms with Gasteiger partial charge in [-0.15, -0.1) is 35.3 Å². The molecule has 0 fully saturated rings. The normalized spacial score (nSPS) is 13.3. The second-order valence-corrected chi connectivity index (χ2v) is 7.76. The van der Waals surface area contributed by atoms with Gasteiger partial charge in [-0.3, -0.25) is 4.99 Å². The monoisotopic (exact) mass is 487 g/mol. The second-order valence-electron chi connectivity index (χ2n) is 6.76. The number of hydrogen-bond donors (Lipinski definition) is 2. The zero-order chi connectivity index (χ0) is 17.9. The summed E-state index contributed by atoms with van der Waals surface area (Å²) < 4.78 is 10.9. The number of guanidine groups is 1. The Labute approximate surface area is 176 Å². The highest BCUT2D eigenvalue weighted by Crippen LogP contribution is 2.36. The van der Waals surface area contributed by atoms with Crippen LogP contribution >= 0.6 is 35.3 Å². The lowest BCUT2D eigenvalue weighted by atomic mass is 9.84. The third-order valence-electron chi connectivity index (χ3n) is 4.46. The van der Waals surface area contributed by atoms with Crippen LogP contribution in [0.5, 0.6) is 11.5 Å². The summed E-state index contributed by atoms with van der Waals surface area (Å²) >= 11 is 1.76. The molecule has 2 aromatic rings. The highest BCUT2D eigenvalue weighted by Gasteiger charge is 2.24. The van der Waals surface area contributed by atoms with E-state index in [4.69, 9.17) is 9.47 Å². The predicted molar refractivity (Wildman–Crippen MR) is 118 cm³/mol. The van der Waals surface area contributed by atoms with Crippen LogP contribution in [-0.2, 0) is 12.0 Å². The third kappa shape index (κ3) is 4.82. The van der Waals surface area contributed by atoms with Gasteiger partial charge in [-0.1, -0.05) is 19.9 Å². The number of aryl methyl sites for hydroxylation is 1. The van der Waals surface area contributed by atoms with Gasteiger partial charge >= 0.3 is 0 Å². The molecule has 2 heterocycles. The Morgan fingerprint density at radius 1 is 1.19 bits per heavy atom. The fourth-order valence-electron chi connectivity index (χ4n) is 2.69. The van der Waals surface area contributed by atoms with Crippen molar-refractivity contribution in [3.05, 3.63) is 45.6 Å². The van der Waals surface area contributed by atoms with Crippen LogP contribution in [-0.4, -0.2) is 26.3 Å². The van der Waals surface area contributed by atoms with E-state index in [0.717, 1.165) is 30.5 Å². The lowest BCUT2D eigenvalue weighted by Crippen LogP contribution is -2.43. The summed E-state index contributed by atoms with van der Waals surface area (Å²) in [6.07, 6.45) is 0. The van der Waals surface area contributed by atoms with Crippen molar-refractivity contribution in [2.24, 2.45) is 4.99 Å². The number of fused-ring (bicyclic) bond motifs is 1. The molecule has 0 radical (unpaired) electrons. The molecule has 1 aliphatic rings. The van der Waals surface area contributed by atoms with Crippen molar-refractivity contribution in [1.82, 2.24) is 10.6 Å². The Morgan fingerprint density at radius 3 is 2.65 bits per heavy atom. The summed E-state index contributed by atoms with van der Waals surface area (Å²) in [5.41, 5.74) is 2.44. The first-order valence-corrected chi connectivity index (χ1v) is 9.25. The Morgan fingerprint density at radius 2 is 1.96 bits per heavy atom. The third-order valence-corrected chi connectivity index (χ3v) is 5.48. The molecular weight excluding hydrogens is 461 g/mol. The number of rotatable bonds is 5. The molecule has 0 saturated carbocycles. The molecule has 26 heavy (non-hydrogen) atoms. The van der Waals surface area contributed by atoms with E-state index in [2.05, 4.69) is 60.0 Å². The van der Waals surface area contributed by atoms with Gasteiger partial charge in [-0.05, 0) is 41.6 Å². The molecule has 3 rings (SSSR count). The Bertz CT molecular complexity index is 774. The molecule has 1 aromatic heterocycles. The van der Waals surface area contributed by atoms with Gasteiger partial charge in [0.15, 0.2) is 17.5 Å². The van der Waals surface area contributed by atoms with Crippen LogP contribution in [0, 0.1) is 6.92 Å². The van der Waals surface area contributed by atoms with Crippen LogP contribution in [0.15, 0.2) is 34.6 Å². The summed E-state index contributed by atoms with van der Waals surface area (Å²) in [7, 11) is 1.80. The smallest absolute Gasteiger partial charge is 0.231 e. The molecule has 0 amide bonds. The van der Waals surface area contributed by atoms with Crippen LogP contribution in [0.1, 0.15) is 29.9 Å². The second kappa shape index (κ2) is 8.94. The Hall–Kier alpha value is -1.48. The first-order chi connectivity index (χ1) is 12.0. The molecule has 142 valence electrons. The van der Waals surface area contributed by atoms with Crippen LogP contribution in [0.3, 0.4) is 0 Å². The number of benzene rings is 1. The van der Waals surface area contributed by atoms with Gasteiger partial charge in [0.05, 0.1) is 6.54 Å². The molecule has 0 unspecified atom stereocenters. The van der Waals surface area contributed by atoms with Crippen molar-refractivity contribution >= 4 is 41.3 Å². The molecular formula is C19H26IN3O2S. The number of aliphatic imine (C=N–C) groups is 1. The average Bonchev–Trinajstić information content (AvgIpc) is 3.23. The number of nitrogens with one attached hydrogen (secondary N) is 2.